The van der Waals surface area contributed by atoms with Crippen molar-refractivity contribution in [3.63, 3.8) is 0 Å². The van der Waals surface area contributed by atoms with Crippen LogP contribution in [0.3, 0.4) is 0 Å². The van der Waals surface area contributed by atoms with Crippen LogP contribution in [0, 0.1) is 0 Å². The Balaban J connectivity index is 1.88. The number of para-hydroxylation sites is 1. The minimum absolute atomic E-state index is 0.113. The SMILES string of the molecule is COc1ccc(C2C(O)c3ccccc3C(=O)N2c2ccccc2)cc1. The van der Waals surface area contributed by atoms with Gasteiger partial charge in [0, 0.05) is 11.3 Å². The molecule has 4 rings (SSSR count). The van der Waals surface area contributed by atoms with E-state index in [4.69, 9.17) is 4.74 Å². The first-order valence-electron chi connectivity index (χ1n) is 8.50. The zero-order valence-electron chi connectivity index (χ0n) is 14.4. The van der Waals surface area contributed by atoms with E-state index >= 15 is 0 Å². The van der Waals surface area contributed by atoms with Crippen molar-refractivity contribution in [3.8, 4) is 5.75 Å². The predicted molar refractivity (Wildman–Crippen MR) is 100 cm³/mol. The summed E-state index contributed by atoms with van der Waals surface area (Å²) in [7, 11) is 1.61. The second kappa shape index (κ2) is 6.65. The average Bonchev–Trinajstić information content (AvgIpc) is 2.71. The first kappa shape index (κ1) is 16.4. The minimum atomic E-state index is -0.822. The van der Waals surface area contributed by atoms with Crippen LogP contribution >= 0.6 is 0 Å². The second-order valence-corrected chi connectivity index (χ2v) is 6.26. The van der Waals surface area contributed by atoms with E-state index in [0.29, 0.717) is 11.1 Å². The average molecular weight is 345 g/mol. The molecule has 0 saturated heterocycles. The summed E-state index contributed by atoms with van der Waals surface area (Å²) in [6.45, 7) is 0. The Morgan fingerprint density at radius 2 is 1.54 bits per heavy atom. The second-order valence-electron chi connectivity index (χ2n) is 6.26. The van der Waals surface area contributed by atoms with Crippen LogP contribution in [0.15, 0.2) is 78.9 Å². The van der Waals surface area contributed by atoms with Crippen LogP contribution in [0.5, 0.6) is 5.75 Å². The predicted octanol–water partition coefficient (Wildman–Crippen LogP) is 4.13. The molecule has 0 spiro atoms. The number of carbonyl (C=O) groups is 1. The number of nitrogens with zero attached hydrogens (tertiary/aromatic N) is 1. The highest BCUT2D eigenvalue weighted by Gasteiger charge is 2.40. The molecule has 26 heavy (non-hydrogen) atoms. The van der Waals surface area contributed by atoms with E-state index in [1.54, 1.807) is 18.1 Å². The molecule has 4 heteroatoms. The zero-order chi connectivity index (χ0) is 18.1. The highest BCUT2D eigenvalue weighted by molar-refractivity contribution is 6.09. The van der Waals surface area contributed by atoms with Gasteiger partial charge in [0.2, 0.25) is 0 Å². The number of aliphatic hydroxyl groups is 1. The zero-order valence-corrected chi connectivity index (χ0v) is 14.4. The summed E-state index contributed by atoms with van der Waals surface area (Å²) in [6, 6.07) is 23.7. The Morgan fingerprint density at radius 3 is 2.23 bits per heavy atom. The van der Waals surface area contributed by atoms with Gasteiger partial charge in [-0.15, -0.1) is 0 Å². The lowest BCUT2D eigenvalue weighted by Gasteiger charge is -2.40. The lowest BCUT2D eigenvalue weighted by atomic mass is 9.86. The number of hydrogen-bond donors (Lipinski definition) is 1. The maximum absolute atomic E-state index is 13.3. The standard InChI is InChI=1S/C22H19NO3/c1-26-17-13-11-15(12-14-17)20-21(24)18-9-5-6-10-19(18)22(25)23(20)16-7-3-2-4-8-16/h2-14,20-21,24H,1H3. The Morgan fingerprint density at radius 1 is 0.885 bits per heavy atom. The fourth-order valence-corrected chi connectivity index (χ4v) is 3.52. The fraction of sp³-hybridized carbons (Fsp3) is 0.136. The molecule has 1 N–H and O–H groups in total. The van der Waals surface area contributed by atoms with Crippen molar-refractivity contribution in [1.29, 1.82) is 0 Å². The summed E-state index contributed by atoms with van der Waals surface area (Å²) in [5.41, 5.74) is 2.80. The molecule has 1 aliphatic heterocycles. The Hall–Kier alpha value is -3.11. The monoisotopic (exact) mass is 345 g/mol. The molecule has 2 atom stereocenters. The maximum Gasteiger partial charge on any atom is 0.259 e. The molecular weight excluding hydrogens is 326 g/mol. The summed E-state index contributed by atoms with van der Waals surface area (Å²) in [6.07, 6.45) is -0.822. The van der Waals surface area contributed by atoms with Crippen molar-refractivity contribution in [2.24, 2.45) is 0 Å². The van der Waals surface area contributed by atoms with E-state index in [9.17, 15) is 9.90 Å². The highest BCUT2D eigenvalue weighted by atomic mass is 16.5. The van der Waals surface area contributed by atoms with Gasteiger partial charge in [-0.2, -0.15) is 0 Å². The molecule has 4 nitrogen and oxygen atoms in total. The number of hydrogen-bond acceptors (Lipinski definition) is 3. The van der Waals surface area contributed by atoms with Gasteiger partial charge in [-0.05, 0) is 41.5 Å². The number of methoxy groups -OCH3 is 1. The lowest BCUT2D eigenvalue weighted by molar-refractivity contribution is 0.0851. The van der Waals surface area contributed by atoms with Crippen LogP contribution in [0.2, 0.25) is 0 Å². The molecule has 0 saturated carbocycles. The van der Waals surface area contributed by atoms with Crippen molar-refractivity contribution in [2.45, 2.75) is 12.1 Å². The van der Waals surface area contributed by atoms with Crippen molar-refractivity contribution >= 4 is 11.6 Å². The maximum atomic E-state index is 13.3. The van der Waals surface area contributed by atoms with E-state index in [2.05, 4.69) is 0 Å². The van der Waals surface area contributed by atoms with E-state index in [1.807, 2.05) is 72.8 Å². The third-order valence-corrected chi connectivity index (χ3v) is 4.80. The van der Waals surface area contributed by atoms with Crippen molar-refractivity contribution in [3.05, 3.63) is 95.6 Å². The molecule has 1 amide bonds. The van der Waals surface area contributed by atoms with E-state index < -0.39 is 12.1 Å². The van der Waals surface area contributed by atoms with E-state index in [0.717, 1.165) is 17.0 Å². The third kappa shape index (κ3) is 2.65. The van der Waals surface area contributed by atoms with Crippen molar-refractivity contribution < 1.29 is 14.6 Å². The molecule has 1 aliphatic rings. The number of rotatable bonds is 3. The van der Waals surface area contributed by atoms with Gasteiger partial charge in [0.05, 0.1) is 13.2 Å². The van der Waals surface area contributed by atoms with Crippen LogP contribution in [0.4, 0.5) is 5.69 Å². The van der Waals surface area contributed by atoms with Crippen LogP contribution in [-0.2, 0) is 0 Å². The van der Waals surface area contributed by atoms with Crippen molar-refractivity contribution in [2.75, 3.05) is 12.0 Å². The van der Waals surface area contributed by atoms with Gasteiger partial charge in [0.25, 0.3) is 5.91 Å². The Kier molecular flexibility index (Phi) is 4.19. The van der Waals surface area contributed by atoms with Crippen LogP contribution < -0.4 is 9.64 Å². The topological polar surface area (TPSA) is 49.8 Å². The molecule has 2 unspecified atom stereocenters. The molecule has 3 aromatic rings. The quantitative estimate of drug-likeness (QED) is 0.776. The molecule has 0 bridgehead atoms. The number of fused-ring (bicyclic) bond motifs is 1. The first-order chi connectivity index (χ1) is 12.7. The van der Waals surface area contributed by atoms with E-state index in [-0.39, 0.29) is 5.91 Å². The van der Waals surface area contributed by atoms with Gasteiger partial charge in [-0.1, -0.05) is 48.5 Å². The van der Waals surface area contributed by atoms with Crippen LogP contribution in [-0.4, -0.2) is 18.1 Å². The van der Waals surface area contributed by atoms with Crippen LogP contribution in [0.1, 0.15) is 33.6 Å². The molecule has 130 valence electrons. The first-order valence-corrected chi connectivity index (χ1v) is 8.50. The normalized spacial score (nSPS) is 19.2. The number of aliphatic hydroxyl groups excluding tert-OH is 1. The summed E-state index contributed by atoms with van der Waals surface area (Å²) < 4.78 is 5.23. The van der Waals surface area contributed by atoms with E-state index in [1.165, 1.54) is 0 Å². The molecule has 0 radical (unpaired) electrons. The largest absolute Gasteiger partial charge is 0.497 e. The van der Waals surface area contributed by atoms with Gasteiger partial charge in [0.1, 0.15) is 11.9 Å². The van der Waals surface area contributed by atoms with Gasteiger partial charge in [-0.25, -0.2) is 0 Å². The van der Waals surface area contributed by atoms with Gasteiger partial charge in [0.15, 0.2) is 0 Å². The Labute approximate surface area is 152 Å². The van der Waals surface area contributed by atoms with Gasteiger partial charge in [-0.3, -0.25) is 9.69 Å². The summed E-state index contributed by atoms with van der Waals surface area (Å²) in [5.74, 6) is 0.620. The highest BCUT2D eigenvalue weighted by Crippen LogP contribution is 2.43. The van der Waals surface area contributed by atoms with Crippen LogP contribution in [0.25, 0.3) is 0 Å². The molecule has 0 aromatic heterocycles. The molecular formula is C22H19NO3. The van der Waals surface area contributed by atoms with Crippen molar-refractivity contribution in [1.82, 2.24) is 0 Å². The molecule has 1 heterocycles. The number of carbonyl (C=O) groups excluding carboxylic acids is 1. The van der Waals surface area contributed by atoms with Gasteiger partial charge >= 0.3 is 0 Å². The smallest absolute Gasteiger partial charge is 0.259 e. The number of ether oxygens (including phenoxy) is 1. The molecule has 0 fully saturated rings. The summed E-state index contributed by atoms with van der Waals surface area (Å²) >= 11 is 0. The number of anilines is 1. The number of amides is 1. The molecule has 0 aliphatic carbocycles. The number of benzene rings is 3. The fourth-order valence-electron chi connectivity index (χ4n) is 3.52. The van der Waals surface area contributed by atoms with Gasteiger partial charge < -0.3 is 9.84 Å². The Bertz CT molecular complexity index is 922. The minimum Gasteiger partial charge on any atom is -0.497 e. The summed E-state index contributed by atoms with van der Waals surface area (Å²) in [4.78, 5) is 14.9. The lowest BCUT2D eigenvalue weighted by Crippen LogP contribution is -2.43. The third-order valence-electron chi connectivity index (χ3n) is 4.80. The summed E-state index contributed by atoms with van der Waals surface area (Å²) in [5, 5.41) is 11.1. The molecule has 3 aromatic carbocycles.